The summed E-state index contributed by atoms with van der Waals surface area (Å²) in [5.74, 6) is 2.59. The lowest BCUT2D eigenvalue weighted by Crippen LogP contribution is -2.06. The first-order valence-corrected chi connectivity index (χ1v) is 7.75. The Morgan fingerprint density at radius 1 is 1.44 bits per heavy atom. The van der Waals surface area contributed by atoms with Crippen molar-refractivity contribution < 1.29 is 8.95 Å². The van der Waals surface area contributed by atoms with E-state index in [4.69, 9.17) is 4.74 Å². The van der Waals surface area contributed by atoms with Crippen LogP contribution in [0.15, 0.2) is 12.3 Å². The quantitative estimate of drug-likeness (QED) is 0.727. The van der Waals surface area contributed by atoms with Crippen LogP contribution in [0.4, 0.5) is 0 Å². The third kappa shape index (κ3) is 6.21. The number of hydrogen-bond donors (Lipinski definition) is 0. The fourth-order valence-electron chi connectivity index (χ4n) is 1.61. The van der Waals surface area contributed by atoms with E-state index >= 15 is 0 Å². The zero-order chi connectivity index (χ0) is 13.4. The van der Waals surface area contributed by atoms with Crippen LogP contribution in [0.5, 0.6) is 0 Å². The molecule has 102 valence electrons. The molecule has 1 rings (SSSR count). The molecule has 0 saturated carbocycles. The maximum atomic E-state index is 11.9. The van der Waals surface area contributed by atoms with Crippen molar-refractivity contribution in [1.82, 2.24) is 9.97 Å². The van der Waals surface area contributed by atoms with Gasteiger partial charge in [0.1, 0.15) is 6.61 Å². The smallest absolute Gasteiger partial charge is 0.154 e. The van der Waals surface area contributed by atoms with Gasteiger partial charge < -0.3 is 4.74 Å². The van der Waals surface area contributed by atoms with Crippen molar-refractivity contribution in [3.8, 4) is 0 Å². The van der Waals surface area contributed by atoms with E-state index in [1.807, 2.05) is 6.07 Å². The highest BCUT2D eigenvalue weighted by Gasteiger charge is 2.05. The van der Waals surface area contributed by atoms with Crippen LogP contribution in [0.2, 0.25) is 0 Å². The van der Waals surface area contributed by atoms with E-state index in [0.29, 0.717) is 24.1 Å². The third-order valence-corrected chi connectivity index (χ3v) is 3.86. The maximum Gasteiger partial charge on any atom is 0.154 e. The molecule has 0 spiro atoms. The molecule has 0 N–H and O–H groups in total. The molecule has 1 heterocycles. The molecule has 0 aromatic carbocycles. The van der Waals surface area contributed by atoms with Gasteiger partial charge in [-0.15, -0.1) is 0 Å². The Hall–Kier alpha value is -0.810. The van der Waals surface area contributed by atoms with E-state index in [0.717, 1.165) is 24.3 Å². The normalized spacial score (nSPS) is 12.9. The van der Waals surface area contributed by atoms with Crippen LogP contribution in [-0.4, -0.2) is 27.0 Å². The number of aromatic nitrogens is 2. The Bertz CT molecular complexity index is 383. The molecule has 4 nitrogen and oxygen atoms in total. The predicted molar refractivity (Wildman–Crippen MR) is 73.5 cm³/mol. The first-order valence-electron chi connectivity index (χ1n) is 6.26. The van der Waals surface area contributed by atoms with Crippen LogP contribution >= 0.6 is 0 Å². The number of methoxy groups -OCH3 is 1. The minimum absolute atomic E-state index is 0.397. The minimum atomic E-state index is -0.831. The van der Waals surface area contributed by atoms with Gasteiger partial charge in [-0.1, -0.05) is 20.3 Å². The van der Waals surface area contributed by atoms with Gasteiger partial charge >= 0.3 is 0 Å². The van der Waals surface area contributed by atoms with Gasteiger partial charge in [0.05, 0.1) is 11.4 Å². The summed E-state index contributed by atoms with van der Waals surface area (Å²) in [5, 5.41) is 0. The molecule has 1 aromatic rings. The molecule has 1 unspecified atom stereocenters. The number of hydrogen-bond acceptors (Lipinski definition) is 4. The zero-order valence-electron chi connectivity index (χ0n) is 11.4. The molecule has 0 aliphatic rings. The van der Waals surface area contributed by atoms with Gasteiger partial charge in [-0.05, 0) is 18.4 Å². The Morgan fingerprint density at radius 3 is 2.89 bits per heavy atom. The number of ether oxygens (including phenoxy) is 1. The predicted octanol–water partition coefficient (Wildman–Crippen LogP) is 2.31. The lowest BCUT2D eigenvalue weighted by molar-refractivity contribution is 0.177. The lowest BCUT2D eigenvalue weighted by Gasteiger charge is -2.05. The number of nitrogens with zero attached hydrogens (tertiary/aromatic N) is 2. The minimum Gasteiger partial charge on any atom is -0.377 e. The van der Waals surface area contributed by atoms with E-state index in [2.05, 4.69) is 23.8 Å². The fourth-order valence-corrected chi connectivity index (χ4v) is 2.73. The van der Waals surface area contributed by atoms with Crippen molar-refractivity contribution in [2.75, 3.05) is 12.9 Å². The Balaban J connectivity index is 2.41. The summed E-state index contributed by atoms with van der Waals surface area (Å²) in [6.07, 6.45) is 3.84. The van der Waals surface area contributed by atoms with Crippen molar-refractivity contribution >= 4 is 10.8 Å². The summed E-state index contributed by atoms with van der Waals surface area (Å²) >= 11 is 0. The van der Waals surface area contributed by atoms with Crippen LogP contribution in [-0.2, 0) is 27.9 Å². The lowest BCUT2D eigenvalue weighted by atomic mass is 10.1. The molecule has 0 amide bonds. The van der Waals surface area contributed by atoms with E-state index in [9.17, 15) is 4.21 Å². The van der Waals surface area contributed by atoms with Gasteiger partial charge in [0.25, 0.3) is 0 Å². The monoisotopic (exact) mass is 270 g/mol. The highest BCUT2D eigenvalue weighted by atomic mass is 32.2. The molecule has 0 saturated heterocycles. The van der Waals surface area contributed by atoms with Crippen molar-refractivity contribution in [3.63, 3.8) is 0 Å². The average Bonchev–Trinajstić information content (AvgIpc) is 2.29. The Kier molecular flexibility index (Phi) is 7.05. The summed E-state index contributed by atoms with van der Waals surface area (Å²) in [4.78, 5) is 8.40. The van der Waals surface area contributed by atoms with Gasteiger partial charge in [-0.2, -0.15) is 0 Å². The first kappa shape index (κ1) is 15.2. The fraction of sp³-hybridized carbons (Fsp3) is 0.692. The van der Waals surface area contributed by atoms with Crippen LogP contribution in [0.3, 0.4) is 0 Å². The Labute approximate surface area is 112 Å². The Morgan fingerprint density at radius 2 is 2.22 bits per heavy atom. The average molecular weight is 270 g/mol. The zero-order valence-corrected chi connectivity index (χ0v) is 12.2. The molecule has 0 fully saturated rings. The molecule has 18 heavy (non-hydrogen) atoms. The van der Waals surface area contributed by atoms with E-state index < -0.39 is 10.8 Å². The largest absolute Gasteiger partial charge is 0.377 e. The van der Waals surface area contributed by atoms with Crippen molar-refractivity contribution in [1.29, 1.82) is 0 Å². The topological polar surface area (TPSA) is 52.1 Å². The second kappa shape index (κ2) is 8.32. The first-order chi connectivity index (χ1) is 8.61. The molecule has 1 atom stereocenters. The highest BCUT2D eigenvalue weighted by Crippen LogP contribution is 2.07. The van der Waals surface area contributed by atoms with Gasteiger partial charge in [-0.25, -0.2) is 9.97 Å². The molecular weight excluding hydrogens is 248 g/mol. The van der Waals surface area contributed by atoms with Gasteiger partial charge in [0.15, 0.2) is 5.82 Å². The molecule has 0 aliphatic heterocycles. The molecule has 0 aliphatic carbocycles. The second-order valence-electron chi connectivity index (χ2n) is 4.72. The second-order valence-corrected chi connectivity index (χ2v) is 6.30. The van der Waals surface area contributed by atoms with Crippen molar-refractivity contribution in [2.24, 2.45) is 5.92 Å². The van der Waals surface area contributed by atoms with Gasteiger partial charge in [0, 0.05) is 29.9 Å². The van der Waals surface area contributed by atoms with E-state index in [1.165, 1.54) is 0 Å². The number of rotatable bonds is 8. The summed E-state index contributed by atoms with van der Waals surface area (Å²) in [6, 6.07) is 1.82. The van der Waals surface area contributed by atoms with Gasteiger partial charge in [0.2, 0.25) is 0 Å². The van der Waals surface area contributed by atoms with Crippen LogP contribution < -0.4 is 0 Å². The SMILES string of the molecule is COCc1nccc(CS(=O)CCCC(C)C)n1. The maximum absolute atomic E-state index is 11.9. The summed E-state index contributed by atoms with van der Waals surface area (Å²) in [7, 11) is 0.780. The molecule has 0 radical (unpaired) electrons. The summed E-state index contributed by atoms with van der Waals surface area (Å²) < 4.78 is 16.9. The summed E-state index contributed by atoms with van der Waals surface area (Å²) in [6.45, 7) is 4.77. The summed E-state index contributed by atoms with van der Waals surface area (Å²) in [5.41, 5.74) is 0.833. The van der Waals surface area contributed by atoms with E-state index in [-0.39, 0.29) is 0 Å². The van der Waals surface area contributed by atoms with Crippen LogP contribution in [0, 0.1) is 5.92 Å². The highest BCUT2D eigenvalue weighted by molar-refractivity contribution is 7.84. The van der Waals surface area contributed by atoms with Gasteiger partial charge in [-0.3, -0.25) is 4.21 Å². The third-order valence-electron chi connectivity index (χ3n) is 2.50. The van der Waals surface area contributed by atoms with Crippen LogP contribution in [0.1, 0.15) is 38.2 Å². The molecule has 5 heteroatoms. The van der Waals surface area contributed by atoms with Crippen molar-refractivity contribution in [2.45, 2.75) is 39.0 Å². The van der Waals surface area contributed by atoms with Crippen molar-refractivity contribution in [3.05, 3.63) is 23.8 Å². The van der Waals surface area contributed by atoms with E-state index in [1.54, 1.807) is 13.3 Å². The molecule has 0 bridgehead atoms. The molecular formula is C13H22N2O2S. The van der Waals surface area contributed by atoms with Crippen LogP contribution in [0.25, 0.3) is 0 Å². The molecule has 1 aromatic heterocycles. The standard InChI is InChI=1S/C13H22N2O2S/c1-11(2)5-4-8-18(16)10-12-6-7-14-13(15-12)9-17-3/h6-7,11H,4-5,8-10H2,1-3H3.